The zero-order valence-electron chi connectivity index (χ0n) is 12.5. The maximum absolute atomic E-state index is 13.2. The van der Waals surface area contributed by atoms with Gasteiger partial charge in [-0.2, -0.15) is 0 Å². The molecule has 4 nitrogen and oxygen atoms in total. The van der Waals surface area contributed by atoms with Crippen LogP contribution < -0.4 is 5.32 Å². The maximum Gasteiger partial charge on any atom is 0.309 e. The number of amides is 1. The van der Waals surface area contributed by atoms with Crippen molar-refractivity contribution in [2.24, 2.45) is 11.3 Å². The van der Waals surface area contributed by atoms with E-state index in [2.05, 4.69) is 5.32 Å². The minimum atomic E-state index is -0.910. The standard InChI is InChI=1S/C16H19F2NO3/c1-16(2,15(21)22)5-6-19-14(20)11-8-10(11)9-3-4-12(17)13(18)7-9/h3-4,7,10-11H,5-6,8H2,1-2H3,(H,19,20)(H,21,22). The fourth-order valence-electron chi connectivity index (χ4n) is 2.33. The van der Waals surface area contributed by atoms with Crippen LogP contribution in [0.1, 0.15) is 38.2 Å². The molecule has 0 spiro atoms. The molecule has 2 rings (SSSR count). The Hall–Kier alpha value is -1.98. The molecule has 22 heavy (non-hydrogen) atoms. The van der Waals surface area contributed by atoms with Crippen LogP contribution >= 0.6 is 0 Å². The van der Waals surface area contributed by atoms with Gasteiger partial charge in [0, 0.05) is 12.5 Å². The Bertz CT molecular complexity index is 601. The topological polar surface area (TPSA) is 66.4 Å². The summed E-state index contributed by atoms with van der Waals surface area (Å²) in [5.74, 6) is -3.24. The fourth-order valence-corrected chi connectivity index (χ4v) is 2.33. The molecule has 2 N–H and O–H groups in total. The van der Waals surface area contributed by atoms with Gasteiger partial charge in [-0.3, -0.25) is 9.59 Å². The third kappa shape index (κ3) is 3.61. The van der Waals surface area contributed by atoms with Gasteiger partial charge in [-0.05, 0) is 50.3 Å². The lowest BCUT2D eigenvalue weighted by atomic mass is 9.90. The Morgan fingerprint density at radius 3 is 2.59 bits per heavy atom. The van der Waals surface area contributed by atoms with Crippen molar-refractivity contribution < 1.29 is 23.5 Å². The summed E-state index contributed by atoms with van der Waals surface area (Å²) in [6.45, 7) is 3.48. The van der Waals surface area contributed by atoms with Crippen LogP contribution in [-0.4, -0.2) is 23.5 Å². The molecule has 1 saturated carbocycles. The van der Waals surface area contributed by atoms with Gasteiger partial charge >= 0.3 is 5.97 Å². The molecular weight excluding hydrogens is 292 g/mol. The quantitative estimate of drug-likeness (QED) is 0.849. The van der Waals surface area contributed by atoms with Crippen molar-refractivity contribution in [2.45, 2.75) is 32.6 Å². The van der Waals surface area contributed by atoms with Crippen molar-refractivity contribution in [1.29, 1.82) is 0 Å². The van der Waals surface area contributed by atoms with Gasteiger partial charge in [0.15, 0.2) is 11.6 Å². The number of halogens is 2. The van der Waals surface area contributed by atoms with Crippen molar-refractivity contribution in [3.05, 3.63) is 35.4 Å². The number of carbonyl (C=O) groups is 2. The van der Waals surface area contributed by atoms with Gasteiger partial charge in [0.25, 0.3) is 0 Å². The number of carbonyl (C=O) groups excluding carboxylic acids is 1. The largest absolute Gasteiger partial charge is 0.481 e. The van der Waals surface area contributed by atoms with E-state index in [1.54, 1.807) is 13.8 Å². The highest BCUT2D eigenvalue weighted by Gasteiger charge is 2.44. The third-order valence-corrected chi connectivity index (χ3v) is 4.13. The summed E-state index contributed by atoms with van der Waals surface area (Å²) in [5.41, 5.74) is -0.277. The molecule has 1 aromatic rings. The molecule has 2 unspecified atom stereocenters. The number of nitrogens with one attached hydrogen (secondary N) is 1. The Labute approximate surface area is 127 Å². The summed E-state index contributed by atoms with van der Waals surface area (Å²) < 4.78 is 26.1. The summed E-state index contributed by atoms with van der Waals surface area (Å²) in [6.07, 6.45) is 0.926. The number of carboxylic acid groups (broad SMARTS) is 1. The van der Waals surface area contributed by atoms with Gasteiger partial charge in [0.2, 0.25) is 5.91 Å². The molecule has 0 heterocycles. The molecule has 120 valence electrons. The fraction of sp³-hybridized carbons (Fsp3) is 0.500. The molecule has 0 aliphatic heterocycles. The van der Waals surface area contributed by atoms with Crippen LogP contribution in [0.5, 0.6) is 0 Å². The number of rotatable bonds is 6. The zero-order valence-corrected chi connectivity index (χ0v) is 12.5. The van der Waals surface area contributed by atoms with Crippen molar-refractivity contribution in [1.82, 2.24) is 5.32 Å². The summed E-state index contributed by atoms with van der Waals surface area (Å²) in [7, 11) is 0. The van der Waals surface area contributed by atoms with Gasteiger partial charge in [0.05, 0.1) is 5.41 Å². The van der Waals surface area contributed by atoms with Crippen LogP contribution in [0.3, 0.4) is 0 Å². The lowest BCUT2D eigenvalue weighted by molar-refractivity contribution is -0.147. The third-order valence-electron chi connectivity index (χ3n) is 4.13. The number of aliphatic carboxylic acids is 1. The van der Waals surface area contributed by atoms with E-state index >= 15 is 0 Å². The highest BCUT2D eigenvalue weighted by atomic mass is 19.2. The molecule has 0 aromatic heterocycles. The van der Waals surface area contributed by atoms with E-state index < -0.39 is 23.0 Å². The molecule has 1 amide bonds. The molecule has 1 aliphatic carbocycles. The van der Waals surface area contributed by atoms with Crippen LogP contribution in [0.25, 0.3) is 0 Å². The lowest BCUT2D eigenvalue weighted by Gasteiger charge is -2.18. The average Bonchev–Trinajstić information content (AvgIpc) is 3.22. The van der Waals surface area contributed by atoms with E-state index in [9.17, 15) is 18.4 Å². The molecule has 1 aliphatic rings. The zero-order chi connectivity index (χ0) is 16.5. The highest BCUT2D eigenvalue weighted by molar-refractivity contribution is 5.83. The van der Waals surface area contributed by atoms with Gasteiger partial charge in [-0.15, -0.1) is 0 Å². The molecule has 0 bridgehead atoms. The Balaban J connectivity index is 1.83. The van der Waals surface area contributed by atoms with Crippen LogP contribution in [0.4, 0.5) is 8.78 Å². The lowest BCUT2D eigenvalue weighted by Crippen LogP contribution is -2.32. The molecule has 0 saturated heterocycles. The van der Waals surface area contributed by atoms with E-state index in [-0.39, 0.29) is 24.3 Å². The smallest absolute Gasteiger partial charge is 0.309 e. The second-order valence-corrected chi connectivity index (χ2v) is 6.35. The van der Waals surface area contributed by atoms with Gasteiger partial charge in [-0.25, -0.2) is 8.78 Å². The van der Waals surface area contributed by atoms with Crippen molar-refractivity contribution in [2.75, 3.05) is 6.54 Å². The van der Waals surface area contributed by atoms with Crippen LogP contribution in [0, 0.1) is 23.0 Å². The Kier molecular flexibility index (Phi) is 4.49. The predicted octanol–water partition coefficient (Wildman–Crippen LogP) is 2.69. The Morgan fingerprint density at radius 2 is 2.00 bits per heavy atom. The summed E-state index contributed by atoms with van der Waals surface area (Å²) in [5, 5.41) is 11.7. The first-order valence-electron chi connectivity index (χ1n) is 7.18. The van der Waals surface area contributed by atoms with E-state index in [4.69, 9.17) is 5.11 Å². The predicted molar refractivity (Wildman–Crippen MR) is 76.2 cm³/mol. The first-order chi connectivity index (χ1) is 10.2. The minimum Gasteiger partial charge on any atom is -0.481 e. The first kappa shape index (κ1) is 16.4. The van der Waals surface area contributed by atoms with Crippen LogP contribution in [-0.2, 0) is 9.59 Å². The van der Waals surface area contributed by atoms with Gasteiger partial charge < -0.3 is 10.4 Å². The van der Waals surface area contributed by atoms with E-state index in [1.165, 1.54) is 6.07 Å². The Morgan fingerprint density at radius 1 is 1.32 bits per heavy atom. The van der Waals surface area contributed by atoms with Crippen LogP contribution in [0.15, 0.2) is 18.2 Å². The van der Waals surface area contributed by atoms with E-state index in [1.807, 2.05) is 0 Å². The van der Waals surface area contributed by atoms with E-state index in [0.29, 0.717) is 18.4 Å². The molecule has 6 heteroatoms. The second-order valence-electron chi connectivity index (χ2n) is 6.35. The number of hydrogen-bond acceptors (Lipinski definition) is 2. The molecule has 1 fully saturated rings. The second kappa shape index (κ2) is 6.02. The van der Waals surface area contributed by atoms with E-state index in [0.717, 1.165) is 12.1 Å². The van der Waals surface area contributed by atoms with Gasteiger partial charge in [0.1, 0.15) is 0 Å². The SMILES string of the molecule is CC(C)(CCNC(=O)C1CC1c1ccc(F)c(F)c1)C(=O)O. The summed E-state index contributed by atoms with van der Waals surface area (Å²) in [4.78, 5) is 22.9. The minimum absolute atomic E-state index is 0.0948. The average molecular weight is 311 g/mol. The summed E-state index contributed by atoms with van der Waals surface area (Å²) >= 11 is 0. The number of carboxylic acids is 1. The molecular formula is C16H19F2NO3. The maximum atomic E-state index is 13.2. The van der Waals surface area contributed by atoms with Crippen molar-refractivity contribution in [3.63, 3.8) is 0 Å². The molecule has 2 atom stereocenters. The van der Waals surface area contributed by atoms with Gasteiger partial charge in [-0.1, -0.05) is 6.07 Å². The first-order valence-corrected chi connectivity index (χ1v) is 7.18. The monoisotopic (exact) mass is 311 g/mol. The van der Waals surface area contributed by atoms with Crippen molar-refractivity contribution in [3.8, 4) is 0 Å². The summed E-state index contributed by atoms with van der Waals surface area (Å²) in [6, 6.07) is 3.68. The number of hydrogen-bond donors (Lipinski definition) is 2. The molecule has 0 radical (unpaired) electrons. The van der Waals surface area contributed by atoms with Crippen LogP contribution in [0.2, 0.25) is 0 Å². The highest BCUT2D eigenvalue weighted by Crippen LogP contribution is 2.47. The normalized spacial score (nSPS) is 20.5. The molecule has 1 aromatic carbocycles. The number of benzene rings is 1. The van der Waals surface area contributed by atoms with Crippen molar-refractivity contribution >= 4 is 11.9 Å².